The minimum Gasteiger partial charge on any atom is -0.287 e. The summed E-state index contributed by atoms with van der Waals surface area (Å²) in [7, 11) is 0. The van der Waals surface area contributed by atoms with Crippen molar-refractivity contribution in [2.45, 2.75) is 13.5 Å². The average Bonchev–Trinajstić information content (AvgIpc) is 2.48. The van der Waals surface area contributed by atoms with Crippen LogP contribution in [0.4, 0.5) is 0 Å². The first-order valence-corrected chi connectivity index (χ1v) is 6.71. The highest BCUT2D eigenvalue weighted by Crippen LogP contribution is 2.22. The van der Waals surface area contributed by atoms with E-state index in [0.717, 1.165) is 21.9 Å². The molecular weight excluding hydrogens is 246 g/mol. The molecule has 0 fully saturated rings. The maximum absolute atomic E-state index is 12.6. The highest BCUT2D eigenvalue weighted by atomic mass is 16.1. The molecule has 1 aromatic heterocycles. The molecule has 0 spiro atoms. The molecule has 98 valence electrons. The molecule has 0 saturated heterocycles. The number of hydrogen-bond acceptors (Lipinski definition) is 1. The Hall–Kier alpha value is -2.48. The normalized spacial score (nSPS) is 10.7. The van der Waals surface area contributed by atoms with Crippen LogP contribution < -0.4 is 4.57 Å². The molecule has 0 atom stereocenters. The molecule has 0 unspecified atom stereocenters. The lowest BCUT2D eigenvalue weighted by Crippen LogP contribution is -2.37. The van der Waals surface area contributed by atoms with Crippen LogP contribution in [0.15, 0.2) is 67.0 Å². The summed E-state index contributed by atoms with van der Waals surface area (Å²) in [6.45, 7) is 2.37. The van der Waals surface area contributed by atoms with E-state index in [4.69, 9.17) is 0 Å². The van der Waals surface area contributed by atoms with Crippen LogP contribution in [0.5, 0.6) is 0 Å². The van der Waals surface area contributed by atoms with Gasteiger partial charge in [0.15, 0.2) is 12.4 Å². The number of aromatic nitrogens is 1. The third kappa shape index (κ3) is 2.32. The highest BCUT2D eigenvalue weighted by Gasteiger charge is 2.16. The smallest absolute Gasteiger partial charge is 0.228 e. The van der Waals surface area contributed by atoms with Crippen LogP contribution in [0, 0.1) is 6.92 Å². The number of rotatable bonds is 3. The van der Waals surface area contributed by atoms with Gasteiger partial charge in [0.1, 0.15) is 0 Å². The largest absolute Gasteiger partial charge is 0.287 e. The van der Waals surface area contributed by atoms with E-state index >= 15 is 0 Å². The summed E-state index contributed by atoms with van der Waals surface area (Å²) in [6, 6.07) is 17.9. The van der Waals surface area contributed by atoms with Gasteiger partial charge in [-0.2, -0.15) is 4.57 Å². The molecule has 2 aromatic carbocycles. The van der Waals surface area contributed by atoms with Crippen LogP contribution in [0.25, 0.3) is 10.8 Å². The van der Waals surface area contributed by atoms with Crippen LogP contribution in [-0.4, -0.2) is 5.78 Å². The summed E-state index contributed by atoms with van der Waals surface area (Å²) in [5.74, 6) is 0.149. The fourth-order valence-electron chi connectivity index (χ4n) is 2.54. The van der Waals surface area contributed by atoms with Gasteiger partial charge in [-0.3, -0.25) is 4.79 Å². The van der Waals surface area contributed by atoms with Gasteiger partial charge < -0.3 is 0 Å². The van der Waals surface area contributed by atoms with Crippen LogP contribution >= 0.6 is 0 Å². The Kier molecular flexibility index (Phi) is 3.30. The fraction of sp³-hybridized carbons (Fsp3) is 0.111. The minimum atomic E-state index is 0.149. The predicted molar refractivity (Wildman–Crippen MR) is 79.7 cm³/mol. The molecule has 1 heterocycles. The number of ketones is 1. The molecule has 0 aliphatic carbocycles. The van der Waals surface area contributed by atoms with E-state index in [0.29, 0.717) is 6.54 Å². The van der Waals surface area contributed by atoms with Gasteiger partial charge in [0.05, 0.1) is 0 Å². The van der Waals surface area contributed by atoms with E-state index in [1.807, 2.05) is 72.4 Å². The Morgan fingerprint density at radius 2 is 1.70 bits per heavy atom. The SMILES string of the molecule is Cc1ccc2ccccc2c1C(=O)C[n+]1ccccc1. The number of carbonyl (C=O) groups is 1. The van der Waals surface area contributed by atoms with Gasteiger partial charge >= 0.3 is 0 Å². The second-order valence-electron chi connectivity index (χ2n) is 4.95. The molecule has 2 nitrogen and oxygen atoms in total. The molecule has 2 heteroatoms. The van der Waals surface area contributed by atoms with Crippen molar-refractivity contribution in [1.29, 1.82) is 0 Å². The van der Waals surface area contributed by atoms with Gasteiger partial charge in [-0.1, -0.05) is 42.5 Å². The van der Waals surface area contributed by atoms with Crippen LogP contribution in [-0.2, 0) is 6.54 Å². The highest BCUT2D eigenvalue weighted by molar-refractivity contribution is 6.08. The fourth-order valence-corrected chi connectivity index (χ4v) is 2.54. The van der Waals surface area contributed by atoms with Crippen molar-refractivity contribution in [3.05, 3.63) is 78.1 Å². The van der Waals surface area contributed by atoms with Crippen LogP contribution in [0.1, 0.15) is 15.9 Å². The van der Waals surface area contributed by atoms with Crippen molar-refractivity contribution < 1.29 is 9.36 Å². The Labute approximate surface area is 118 Å². The van der Waals surface area contributed by atoms with E-state index in [1.54, 1.807) is 0 Å². The van der Waals surface area contributed by atoms with Crippen LogP contribution in [0.3, 0.4) is 0 Å². The van der Waals surface area contributed by atoms with Crippen molar-refractivity contribution in [3.8, 4) is 0 Å². The summed E-state index contributed by atoms with van der Waals surface area (Å²) in [5.41, 5.74) is 1.87. The zero-order valence-corrected chi connectivity index (χ0v) is 11.4. The molecule has 3 aromatic rings. The van der Waals surface area contributed by atoms with Gasteiger partial charge in [0.25, 0.3) is 0 Å². The van der Waals surface area contributed by atoms with E-state index < -0.39 is 0 Å². The predicted octanol–water partition coefficient (Wildman–Crippen LogP) is 3.32. The van der Waals surface area contributed by atoms with Crippen molar-refractivity contribution in [2.24, 2.45) is 0 Å². The summed E-state index contributed by atoms with van der Waals surface area (Å²) < 4.78 is 1.91. The molecule has 0 amide bonds. The summed E-state index contributed by atoms with van der Waals surface area (Å²) in [5, 5.41) is 2.15. The van der Waals surface area contributed by atoms with E-state index in [2.05, 4.69) is 6.07 Å². The first kappa shape index (κ1) is 12.5. The Balaban J connectivity index is 2.05. The average molecular weight is 262 g/mol. The van der Waals surface area contributed by atoms with Gasteiger partial charge in [0.2, 0.25) is 12.3 Å². The third-order valence-electron chi connectivity index (χ3n) is 3.52. The molecular formula is C18H16NO+. The van der Waals surface area contributed by atoms with Gasteiger partial charge in [-0.15, -0.1) is 0 Å². The standard InChI is InChI=1S/C18H16NO/c1-14-9-10-15-7-3-4-8-16(15)18(14)17(20)13-19-11-5-2-6-12-19/h2-12H,13H2,1H3/q+1. The van der Waals surface area contributed by atoms with Gasteiger partial charge in [-0.05, 0) is 23.3 Å². The number of hydrogen-bond donors (Lipinski definition) is 0. The monoisotopic (exact) mass is 262 g/mol. The number of benzene rings is 2. The zero-order valence-electron chi connectivity index (χ0n) is 11.4. The number of aryl methyl sites for hydroxylation is 1. The van der Waals surface area contributed by atoms with Crippen molar-refractivity contribution in [3.63, 3.8) is 0 Å². The lowest BCUT2D eigenvalue weighted by molar-refractivity contribution is -0.683. The molecule has 0 saturated carbocycles. The molecule has 3 rings (SSSR count). The first-order chi connectivity index (χ1) is 9.75. The maximum atomic E-state index is 12.6. The Bertz CT molecular complexity index is 763. The zero-order chi connectivity index (χ0) is 13.9. The minimum absolute atomic E-state index is 0.149. The molecule has 0 aliphatic rings. The Morgan fingerprint density at radius 3 is 2.50 bits per heavy atom. The third-order valence-corrected chi connectivity index (χ3v) is 3.52. The number of Topliss-reactive ketones (excluding diaryl/α,β-unsaturated/α-hetero) is 1. The topological polar surface area (TPSA) is 20.9 Å². The van der Waals surface area contributed by atoms with Crippen molar-refractivity contribution in [1.82, 2.24) is 0 Å². The number of nitrogens with zero attached hydrogens (tertiary/aromatic N) is 1. The Morgan fingerprint density at radius 1 is 0.950 bits per heavy atom. The molecule has 20 heavy (non-hydrogen) atoms. The second kappa shape index (κ2) is 5.25. The quantitative estimate of drug-likeness (QED) is 0.524. The van der Waals surface area contributed by atoms with E-state index in [9.17, 15) is 4.79 Å². The van der Waals surface area contributed by atoms with Gasteiger partial charge in [-0.25, -0.2) is 0 Å². The summed E-state index contributed by atoms with van der Waals surface area (Å²) in [4.78, 5) is 12.6. The maximum Gasteiger partial charge on any atom is 0.228 e. The van der Waals surface area contributed by atoms with Crippen molar-refractivity contribution in [2.75, 3.05) is 0 Å². The summed E-state index contributed by atoms with van der Waals surface area (Å²) in [6.07, 6.45) is 3.83. The van der Waals surface area contributed by atoms with E-state index in [-0.39, 0.29) is 5.78 Å². The number of fused-ring (bicyclic) bond motifs is 1. The number of carbonyl (C=O) groups excluding carboxylic acids is 1. The lowest BCUT2D eigenvalue weighted by atomic mass is 9.96. The van der Waals surface area contributed by atoms with Gasteiger partial charge in [0, 0.05) is 17.7 Å². The van der Waals surface area contributed by atoms with Crippen LogP contribution in [0.2, 0.25) is 0 Å². The molecule has 0 bridgehead atoms. The summed E-state index contributed by atoms with van der Waals surface area (Å²) >= 11 is 0. The number of pyridine rings is 1. The lowest BCUT2D eigenvalue weighted by Gasteiger charge is -2.07. The molecule has 0 N–H and O–H groups in total. The second-order valence-corrected chi connectivity index (χ2v) is 4.95. The molecule has 0 radical (unpaired) electrons. The van der Waals surface area contributed by atoms with Crippen molar-refractivity contribution >= 4 is 16.6 Å². The first-order valence-electron chi connectivity index (χ1n) is 6.71. The van der Waals surface area contributed by atoms with E-state index in [1.165, 1.54) is 0 Å². The molecule has 0 aliphatic heterocycles.